The maximum Gasteiger partial charge on any atom is -0.0166 e. The minimum absolute atomic E-state index is 1.00. The number of hydrogen-bond acceptors (Lipinski definition) is 0. The molecule has 0 atom stereocenters. The van der Waals surface area contributed by atoms with Gasteiger partial charge in [-0.3, -0.25) is 0 Å². The van der Waals surface area contributed by atoms with Gasteiger partial charge in [0, 0.05) is 0 Å². The highest BCUT2D eigenvalue weighted by molar-refractivity contribution is 5.12. The fraction of sp³-hybridized carbons (Fsp3) is 0.333. The fourth-order valence-corrected chi connectivity index (χ4v) is 0.776. The van der Waals surface area contributed by atoms with Crippen molar-refractivity contribution in [3.63, 3.8) is 0 Å². The lowest BCUT2D eigenvalue weighted by atomic mass is 10.2. The molecule has 0 N–H and O–H groups in total. The lowest BCUT2D eigenvalue weighted by Crippen LogP contribution is -1.65. The molecule has 0 heterocycles. The molecule has 0 spiro atoms. The third-order valence-electron chi connectivity index (χ3n) is 1.38. The lowest BCUT2D eigenvalue weighted by Gasteiger charge is -1.85. The van der Waals surface area contributed by atoms with Crippen LogP contribution in [0, 0.1) is 0 Å². The molecule has 0 heteroatoms. The van der Waals surface area contributed by atoms with Crippen LogP contribution in [0.1, 0.15) is 26.2 Å². The number of unbranched alkanes of at least 4 members (excludes halogenated alkanes) is 1. The zero-order chi connectivity index (χ0) is 9.23. The van der Waals surface area contributed by atoms with Gasteiger partial charge in [-0.2, -0.15) is 0 Å². The van der Waals surface area contributed by atoms with E-state index >= 15 is 0 Å². The first-order valence-corrected chi connectivity index (χ1v) is 4.35. The Hall–Kier alpha value is -1.04. The average molecular weight is 162 g/mol. The Bertz CT molecular complexity index is 182. The number of allylic oxidation sites excluding steroid dienone is 6. The third-order valence-corrected chi connectivity index (χ3v) is 1.38. The standard InChI is InChI=1S/C12H18/c1-4-5-6-7-8-9-10-11-12(2)3/h4,7-8,10-11H,1-2,5-6,9H2,3H3. The maximum absolute atomic E-state index is 3.78. The minimum atomic E-state index is 1.00. The van der Waals surface area contributed by atoms with Crippen molar-refractivity contribution in [3.8, 4) is 0 Å². The highest BCUT2D eigenvalue weighted by Gasteiger charge is 1.75. The minimum Gasteiger partial charge on any atom is -0.103 e. The second kappa shape index (κ2) is 8.06. The van der Waals surface area contributed by atoms with E-state index in [9.17, 15) is 0 Å². The van der Waals surface area contributed by atoms with Crippen LogP contribution >= 0.6 is 0 Å². The summed E-state index contributed by atoms with van der Waals surface area (Å²) in [7, 11) is 0. The molecular weight excluding hydrogens is 144 g/mol. The van der Waals surface area contributed by atoms with E-state index in [0.29, 0.717) is 0 Å². The molecule has 0 aliphatic rings. The molecular formula is C12H18. The topological polar surface area (TPSA) is 0 Å². The maximum atomic E-state index is 3.78. The summed E-state index contributed by atoms with van der Waals surface area (Å²) >= 11 is 0. The van der Waals surface area contributed by atoms with Crippen molar-refractivity contribution in [2.24, 2.45) is 0 Å². The van der Waals surface area contributed by atoms with Crippen LogP contribution in [0.3, 0.4) is 0 Å². The molecule has 0 aromatic carbocycles. The zero-order valence-electron chi connectivity index (χ0n) is 7.92. The summed E-state index contributed by atoms with van der Waals surface area (Å²) in [6.07, 6.45) is 13.6. The molecule has 0 fully saturated rings. The van der Waals surface area contributed by atoms with E-state index in [-0.39, 0.29) is 0 Å². The average Bonchev–Trinajstić information content (AvgIpc) is 2.02. The van der Waals surface area contributed by atoms with Gasteiger partial charge < -0.3 is 0 Å². The van der Waals surface area contributed by atoms with Crippen LogP contribution in [0.2, 0.25) is 0 Å². The highest BCUT2D eigenvalue weighted by Crippen LogP contribution is 1.96. The Morgan fingerprint density at radius 2 is 1.92 bits per heavy atom. The van der Waals surface area contributed by atoms with Gasteiger partial charge in [0.25, 0.3) is 0 Å². The van der Waals surface area contributed by atoms with Gasteiger partial charge in [-0.05, 0) is 26.2 Å². The monoisotopic (exact) mass is 162 g/mol. The molecule has 0 radical (unpaired) electrons. The summed E-state index contributed by atoms with van der Waals surface area (Å²) in [6, 6.07) is 0. The largest absolute Gasteiger partial charge is 0.103 e. The summed E-state index contributed by atoms with van der Waals surface area (Å²) < 4.78 is 0. The van der Waals surface area contributed by atoms with Crippen molar-refractivity contribution < 1.29 is 0 Å². The van der Waals surface area contributed by atoms with Gasteiger partial charge in [0.2, 0.25) is 0 Å². The van der Waals surface area contributed by atoms with E-state index in [1.54, 1.807) is 0 Å². The number of rotatable bonds is 6. The van der Waals surface area contributed by atoms with Gasteiger partial charge in [0.05, 0.1) is 0 Å². The van der Waals surface area contributed by atoms with Gasteiger partial charge in [0.15, 0.2) is 0 Å². The van der Waals surface area contributed by atoms with Crippen LogP contribution in [-0.2, 0) is 0 Å². The molecule has 0 bridgehead atoms. The molecule has 66 valence electrons. The second-order valence-corrected chi connectivity index (χ2v) is 2.82. The Morgan fingerprint density at radius 3 is 2.50 bits per heavy atom. The first-order chi connectivity index (χ1) is 5.77. The Labute approximate surface area is 76.0 Å². The van der Waals surface area contributed by atoms with E-state index in [0.717, 1.165) is 24.8 Å². The molecule has 0 aliphatic heterocycles. The van der Waals surface area contributed by atoms with Crippen molar-refractivity contribution in [1.29, 1.82) is 0 Å². The number of hydrogen-bond donors (Lipinski definition) is 0. The molecule has 0 nitrogen and oxygen atoms in total. The third kappa shape index (κ3) is 8.96. The van der Waals surface area contributed by atoms with Gasteiger partial charge in [0.1, 0.15) is 0 Å². The summed E-state index contributed by atoms with van der Waals surface area (Å²) in [5.74, 6) is 0. The van der Waals surface area contributed by atoms with Crippen LogP contribution in [0.5, 0.6) is 0 Å². The summed E-state index contributed by atoms with van der Waals surface area (Å²) in [6.45, 7) is 9.43. The van der Waals surface area contributed by atoms with Crippen LogP contribution in [0.15, 0.2) is 49.1 Å². The molecule has 0 saturated carbocycles. The van der Waals surface area contributed by atoms with Crippen molar-refractivity contribution in [1.82, 2.24) is 0 Å². The Morgan fingerprint density at radius 1 is 1.17 bits per heavy atom. The van der Waals surface area contributed by atoms with E-state index in [2.05, 4.69) is 31.4 Å². The lowest BCUT2D eigenvalue weighted by molar-refractivity contribution is 1.05. The highest BCUT2D eigenvalue weighted by atomic mass is 13.8. The first kappa shape index (κ1) is 11.0. The summed E-state index contributed by atoms with van der Waals surface area (Å²) in [5.41, 5.74) is 1.11. The van der Waals surface area contributed by atoms with E-state index in [1.807, 2.05) is 19.1 Å². The van der Waals surface area contributed by atoms with Crippen molar-refractivity contribution >= 4 is 0 Å². The van der Waals surface area contributed by atoms with Gasteiger partial charge in [-0.15, -0.1) is 6.58 Å². The second-order valence-electron chi connectivity index (χ2n) is 2.82. The summed E-state index contributed by atoms with van der Waals surface area (Å²) in [5, 5.41) is 0. The van der Waals surface area contributed by atoms with Crippen LogP contribution in [0.25, 0.3) is 0 Å². The van der Waals surface area contributed by atoms with Gasteiger partial charge >= 0.3 is 0 Å². The van der Waals surface area contributed by atoms with Crippen molar-refractivity contribution in [2.45, 2.75) is 26.2 Å². The normalized spacial score (nSPS) is 11.1. The van der Waals surface area contributed by atoms with Gasteiger partial charge in [-0.1, -0.05) is 42.5 Å². The smallest absolute Gasteiger partial charge is 0.0166 e. The van der Waals surface area contributed by atoms with E-state index < -0.39 is 0 Å². The fourth-order valence-electron chi connectivity index (χ4n) is 0.776. The van der Waals surface area contributed by atoms with E-state index in [1.165, 1.54) is 0 Å². The van der Waals surface area contributed by atoms with Crippen LogP contribution in [0.4, 0.5) is 0 Å². The molecule has 0 aliphatic carbocycles. The molecule has 0 saturated heterocycles. The van der Waals surface area contributed by atoms with Crippen LogP contribution in [-0.4, -0.2) is 0 Å². The molecule has 0 rings (SSSR count). The summed E-state index contributed by atoms with van der Waals surface area (Å²) in [4.78, 5) is 0. The van der Waals surface area contributed by atoms with E-state index in [4.69, 9.17) is 0 Å². The quantitative estimate of drug-likeness (QED) is 0.314. The molecule has 0 unspecified atom stereocenters. The van der Waals surface area contributed by atoms with Gasteiger partial charge in [-0.25, -0.2) is 0 Å². The van der Waals surface area contributed by atoms with Crippen molar-refractivity contribution in [3.05, 3.63) is 49.1 Å². The molecule has 0 aromatic heterocycles. The predicted octanol–water partition coefficient (Wildman–Crippen LogP) is 4.03. The molecule has 12 heavy (non-hydrogen) atoms. The first-order valence-electron chi connectivity index (χ1n) is 4.35. The SMILES string of the molecule is C=CCCC=CCC=CC(=C)C. The van der Waals surface area contributed by atoms with Crippen LogP contribution < -0.4 is 0 Å². The molecule has 0 aromatic rings. The Balaban J connectivity index is 3.35. The Kier molecular flexibility index (Phi) is 7.36. The zero-order valence-corrected chi connectivity index (χ0v) is 7.92. The predicted molar refractivity (Wildman–Crippen MR) is 57.1 cm³/mol. The molecule has 0 amide bonds. The van der Waals surface area contributed by atoms with Crippen molar-refractivity contribution in [2.75, 3.05) is 0 Å².